The van der Waals surface area contributed by atoms with E-state index in [1.54, 1.807) is 18.2 Å². The number of amides is 1. The molecule has 16 heavy (non-hydrogen) atoms. The van der Waals surface area contributed by atoms with E-state index in [0.29, 0.717) is 23.7 Å². The summed E-state index contributed by atoms with van der Waals surface area (Å²) < 4.78 is 10.1. The van der Waals surface area contributed by atoms with E-state index in [1.165, 1.54) is 7.11 Å². The maximum atomic E-state index is 11.4. The number of carbonyl (C=O) groups is 1. The molecule has 3 N–H and O–H groups in total. The number of nitrogen functional groups attached to an aromatic ring is 1. The van der Waals surface area contributed by atoms with Crippen molar-refractivity contribution < 1.29 is 14.3 Å². The molecule has 0 aliphatic rings. The molecule has 0 aromatic heterocycles. The molecule has 0 saturated carbocycles. The molecule has 88 valence electrons. The van der Waals surface area contributed by atoms with Crippen LogP contribution in [0.25, 0.3) is 0 Å². The third kappa shape index (κ3) is 3.43. The van der Waals surface area contributed by atoms with E-state index in [4.69, 9.17) is 15.2 Å². The summed E-state index contributed by atoms with van der Waals surface area (Å²) in [5.74, 6) is 0.338. The Morgan fingerprint density at radius 2 is 2.25 bits per heavy atom. The number of nitrogens with one attached hydrogen (secondary N) is 1. The highest BCUT2D eigenvalue weighted by atomic mass is 16.5. The first-order valence-corrected chi connectivity index (χ1v) is 4.98. The van der Waals surface area contributed by atoms with E-state index in [2.05, 4.69) is 5.32 Å². The van der Waals surface area contributed by atoms with Crippen LogP contribution in [0.4, 0.5) is 11.4 Å². The molecule has 0 unspecified atom stereocenters. The molecule has 0 atom stereocenters. The Morgan fingerprint density at radius 3 is 2.88 bits per heavy atom. The van der Waals surface area contributed by atoms with Crippen LogP contribution in [0.5, 0.6) is 5.75 Å². The number of benzene rings is 1. The van der Waals surface area contributed by atoms with Gasteiger partial charge in [0.05, 0.1) is 12.8 Å². The Hall–Kier alpha value is -1.75. The van der Waals surface area contributed by atoms with Gasteiger partial charge in [-0.05, 0) is 25.1 Å². The van der Waals surface area contributed by atoms with Crippen molar-refractivity contribution in [2.75, 3.05) is 31.4 Å². The number of hydrogen-bond acceptors (Lipinski definition) is 4. The molecule has 5 nitrogen and oxygen atoms in total. The Kier molecular flexibility index (Phi) is 4.60. The Balaban J connectivity index is 2.71. The maximum absolute atomic E-state index is 11.4. The van der Waals surface area contributed by atoms with Gasteiger partial charge in [-0.25, -0.2) is 0 Å². The first-order chi connectivity index (χ1) is 7.67. The summed E-state index contributed by atoms with van der Waals surface area (Å²) in [6, 6.07) is 5.05. The van der Waals surface area contributed by atoms with E-state index in [0.717, 1.165) is 0 Å². The molecule has 0 heterocycles. The van der Waals surface area contributed by atoms with Gasteiger partial charge in [0.1, 0.15) is 12.4 Å². The minimum atomic E-state index is -0.231. The molecule has 1 aromatic rings. The lowest BCUT2D eigenvalue weighted by atomic mass is 10.2. The number of ether oxygens (including phenoxy) is 2. The fourth-order valence-corrected chi connectivity index (χ4v) is 1.20. The highest BCUT2D eigenvalue weighted by molar-refractivity contribution is 5.93. The summed E-state index contributed by atoms with van der Waals surface area (Å²) in [4.78, 5) is 11.4. The fourth-order valence-electron chi connectivity index (χ4n) is 1.20. The third-order valence-corrected chi connectivity index (χ3v) is 1.93. The van der Waals surface area contributed by atoms with E-state index in [-0.39, 0.29) is 12.5 Å². The summed E-state index contributed by atoms with van der Waals surface area (Å²) >= 11 is 0. The maximum Gasteiger partial charge on any atom is 0.250 e. The normalized spacial score (nSPS) is 9.88. The van der Waals surface area contributed by atoms with Crippen molar-refractivity contribution in [3.05, 3.63) is 18.2 Å². The van der Waals surface area contributed by atoms with E-state index < -0.39 is 0 Å². The lowest BCUT2D eigenvalue weighted by Crippen LogP contribution is -2.18. The minimum absolute atomic E-state index is 0.0223. The second-order valence-electron chi connectivity index (χ2n) is 3.15. The van der Waals surface area contributed by atoms with Gasteiger partial charge in [-0.15, -0.1) is 0 Å². The predicted octanol–water partition coefficient (Wildman–Crippen LogP) is 1.25. The highest BCUT2D eigenvalue weighted by Gasteiger charge is 2.07. The second kappa shape index (κ2) is 5.97. The fraction of sp³-hybridized carbons (Fsp3) is 0.364. The monoisotopic (exact) mass is 224 g/mol. The van der Waals surface area contributed by atoms with Gasteiger partial charge in [0.2, 0.25) is 5.91 Å². The van der Waals surface area contributed by atoms with Crippen molar-refractivity contribution >= 4 is 17.3 Å². The Morgan fingerprint density at radius 1 is 1.50 bits per heavy atom. The summed E-state index contributed by atoms with van der Waals surface area (Å²) in [6.07, 6.45) is 0. The smallest absolute Gasteiger partial charge is 0.250 e. The second-order valence-corrected chi connectivity index (χ2v) is 3.15. The molecule has 1 aromatic carbocycles. The minimum Gasteiger partial charge on any atom is -0.495 e. The zero-order chi connectivity index (χ0) is 12.0. The first kappa shape index (κ1) is 12.3. The van der Waals surface area contributed by atoms with Gasteiger partial charge >= 0.3 is 0 Å². The topological polar surface area (TPSA) is 73.6 Å². The van der Waals surface area contributed by atoms with Crippen molar-refractivity contribution in [1.29, 1.82) is 0 Å². The molecule has 1 amide bonds. The quantitative estimate of drug-likeness (QED) is 0.738. The van der Waals surface area contributed by atoms with E-state index >= 15 is 0 Å². The molecule has 0 saturated heterocycles. The molecule has 0 spiro atoms. The van der Waals surface area contributed by atoms with Crippen LogP contribution in [0.2, 0.25) is 0 Å². The van der Waals surface area contributed by atoms with Gasteiger partial charge in [0.15, 0.2) is 0 Å². The van der Waals surface area contributed by atoms with Crippen molar-refractivity contribution in [1.82, 2.24) is 0 Å². The average Bonchev–Trinajstić information content (AvgIpc) is 2.27. The van der Waals surface area contributed by atoms with Crippen LogP contribution in [0.1, 0.15) is 6.92 Å². The Labute approximate surface area is 94.5 Å². The van der Waals surface area contributed by atoms with Gasteiger partial charge in [0.25, 0.3) is 0 Å². The lowest BCUT2D eigenvalue weighted by Gasteiger charge is -2.10. The summed E-state index contributed by atoms with van der Waals surface area (Å²) in [5, 5.41) is 2.67. The standard InChI is InChI=1S/C11H16N2O3/c1-3-16-7-11(14)13-9-6-8(12)4-5-10(9)15-2/h4-6H,3,7,12H2,1-2H3,(H,13,14). The molecule has 1 rings (SSSR count). The number of nitrogens with two attached hydrogens (primary N) is 1. The molecule has 0 aliphatic heterocycles. The number of hydrogen-bond donors (Lipinski definition) is 2. The van der Waals surface area contributed by atoms with Crippen LogP contribution in [0, 0.1) is 0 Å². The average molecular weight is 224 g/mol. The van der Waals surface area contributed by atoms with Gasteiger partial charge in [-0.1, -0.05) is 0 Å². The van der Waals surface area contributed by atoms with Gasteiger partial charge < -0.3 is 20.5 Å². The third-order valence-electron chi connectivity index (χ3n) is 1.93. The van der Waals surface area contributed by atoms with Crippen LogP contribution >= 0.6 is 0 Å². The molecular formula is C11H16N2O3. The SMILES string of the molecule is CCOCC(=O)Nc1cc(N)ccc1OC. The van der Waals surface area contributed by atoms with E-state index in [1.807, 2.05) is 6.92 Å². The molecular weight excluding hydrogens is 208 g/mol. The van der Waals surface area contributed by atoms with Crippen LogP contribution in [-0.4, -0.2) is 26.2 Å². The first-order valence-electron chi connectivity index (χ1n) is 4.98. The van der Waals surface area contributed by atoms with Crippen molar-refractivity contribution in [2.45, 2.75) is 6.92 Å². The zero-order valence-corrected chi connectivity index (χ0v) is 9.45. The van der Waals surface area contributed by atoms with Gasteiger partial charge in [0, 0.05) is 12.3 Å². The molecule has 0 bridgehead atoms. The number of anilines is 2. The number of carbonyl (C=O) groups excluding carboxylic acids is 1. The largest absolute Gasteiger partial charge is 0.495 e. The summed E-state index contributed by atoms with van der Waals surface area (Å²) in [6.45, 7) is 2.35. The van der Waals surface area contributed by atoms with Gasteiger partial charge in [-0.3, -0.25) is 4.79 Å². The lowest BCUT2D eigenvalue weighted by molar-refractivity contribution is -0.120. The van der Waals surface area contributed by atoms with Crippen LogP contribution in [0.3, 0.4) is 0 Å². The van der Waals surface area contributed by atoms with Crippen molar-refractivity contribution in [3.8, 4) is 5.75 Å². The van der Waals surface area contributed by atoms with Crippen molar-refractivity contribution in [3.63, 3.8) is 0 Å². The molecule has 0 radical (unpaired) electrons. The van der Waals surface area contributed by atoms with Crippen LogP contribution in [0.15, 0.2) is 18.2 Å². The molecule has 5 heteroatoms. The van der Waals surface area contributed by atoms with Crippen molar-refractivity contribution in [2.24, 2.45) is 0 Å². The number of rotatable bonds is 5. The Bertz CT molecular complexity index is 366. The highest BCUT2D eigenvalue weighted by Crippen LogP contribution is 2.26. The van der Waals surface area contributed by atoms with Crippen LogP contribution in [-0.2, 0) is 9.53 Å². The predicted molar refractivity (Wildman–Crippen MR) is 62.5 cm³/mol. The summed E-state index contributed by atoms with van der Waals surface area (Å²) in [5.41, 5.74) is 6.73. The summed E-state index contributed by atoms with van der Waals surface area (Å²) in [7, 11) is 1.53. The van der Waals surface area contributed by atoms with Gasteiger partial charge in [-0.2, -0.15) is 0 Å². The number of methoxy groups -OCH3 is 1. The van der Waals surface area contributed by atoms with E-state index in [9.17, 15) is 4.79 Å². The zero-order valence-electron chi connectivity index (χ0n) is 9.45. The van der Waals surface area contributed by atoms with Crippen LogP contribution < -0.4 is 15.8 Å². The molecule has 0 fully saturated rings. The molecule has 0 aliphatic carbocycles.